The molecule has 0 saturated heterocycles. The zero-order chi connectivity index (χ0) is 15.7. The Labute approximate surface area is 129 Å². The maximum atomic E-state index is 12.8. The van der Waals surface area contributed by atoms with Crippen LogP contribution in [0.3, 0.4) is 0 Å². The van der Waals surface area contributed by atoms with Crippen LogP contribution in [0, 0.1) is 39.5 Å². The summed E-state index contributed by atoms with van der Waals surface area (Å²) < 4.78 is 0. The van der Waals surface area contributed by atoms with E-state index in [2.05, 4.69) is 36.2 Å². The van der Waals surface area contributed by atoms with Gasteiger partial charge in [0.05, 0.1) is 23.9 Å². The Morgan fingerprint density at radius 1 is 0.955 bits per heavy atom. The van der Waals surface area contributed by atoms with E-state index in [4.69, 9.17) is 0 Å². The van der Waals surface area contributed by atoms with E-state index in [1.165, 1.54) is 0 Å². The lowest BCUT2D eigenvalue weighted by molar-refractivity contribution is -1.01. The van der Waals surface area contributed by atoms with Gasteiger partial charge >= 0.3 is 0 Å². The van der Waals surface area contributed by atoms with E-state index in [9.17, 15) is 10.4 Å². The minimum atomic E-state index is -0.710. The molecule has 6 aliphatic rings. The summed E-state index contributed by atoms with van der Waals surface area (Å²) in [6.45, 7) is 8.12. The standard InChI is InChI=1S/C16H22N4O2/c1-14(2)15(3)10-11(16(14,4)20(22)19(15)21)13-9-7-5-6-8(9)12(10)17-18-13/h5-6,8-13H,7H2,1-4H3/t8-,9?,10?,11-,12?,13+,15?,16+/m0/s1. The van der Waals surface area contributed by atoms with E-state index >= 15 is 0 Å². The molecule has 2 fully saturated rings. The molecule has 4 bridgehead atoms. The Bertz CT molecular complexity index is 684. The first-order valence-electron chi connectivity index (χ1n) is 8.29. The summed E-state index contributed by atoms with van der Waals surface area (Å²) in [5.41, 5.74) is -1.81. The van der Waals surface area contributed by atoms with Crippen molar-refractivity contribution in [2.24, 2.45) is 39.3 Å². The zero-order valence-corrected chi connectivity index (χ0v) is 13.4. The Kier molecular flexibility index (Phi) is 1.92. The van der Waals surface area contributed by atoms with E-state index in [-0.39, 0.29) is 23.9 Å². The van der Waals surface area contributed by atoms with Crippen LogP contribution in [0.5, 0.6) is 0 Å². The van der Waals surface area contributed by atoms with Crippen LogP contribution in [0.2, 0.25) is 0 Å². The van der Waals surface area contributed by atoms with Gasteiger partial charge in [-0.25, -0.2) is 0 Å². The number of allylic oxidation sites excluding steroid dienone is 1. The van der Waals surface area contributed by atoms with Crippen molar-refractivity contribution in [3.8, 4) is 0 Å². The molecule has 0 N–H and O–H groups in total. The SMILES string of the molecule is CC12C3C4N=N[C@H](C5CC=C[C@H]45)[C@H]3[C@@](C)([N+]([O-])=[N+]1[O-])C2(C)C. The number of rotatable bonds is 0. The fourth-order valence-corrected chi connectivity index (χ4v) is 6.64. The summed E-state index contributed by atoms with van der Waals surface area (Å²) in [5.74, 6) is 1.10. The highest BCUT2D eigenvalue weighted by Crippen LogP contribution is 2.71. The van der Waals surface area contributed by atoms with Crippen molar-refractivity contribution in [1.29, 1.82) is 0 Å². The molecule has 0 aromatic heterocycles. The summed E-state index contributed by atoms with van der Waals surface area (Å²) in [6.07, 6.45) is 5.53. The van der Waals surface area contributed by atoms with Gasteiger partial charge in [-0.2, -0.15) is 10.2 Å². The van der Waals surface area contributed by atoms with Crippen LogP contribution < -0.4 is 0 Å². The summed E-state index contributed by atoms with van der Waals surface area (Å²) in [7, 11) is 0. The first-order chi connectivity index (χ1) is 10.3. The van der Waals surface area contributed by atoms with Crippen molar-refractivity contribution >= 4 is 0 Å². The molecule has 0 radical (unpaired) electrons. The van der Waals surface area contributed by atoms with Crippen molar-refractivity contribution in [3.63, 3.8) is 0 Å². The molecule has 22 heavy (non-hydrogen) atoms. The highest BCUT2D eigenvalue weighted by Gasteiger charge is 2.91. The van der Waals surface area contributed by atoms with Crippen molar-refractivity contribution in [3.05, 3.63) is 22.6 Å². The molecule has 3 heterocycles. The number of hydrogen-bond acceptors (Lipinski definition) is 4. The molecular weight excluding hydrogens is 280 g/mol. The van der Waals surface area contributed by atoms with Crippen LogP contribution in [0.4, 0.5) is 0 Å². The fourth-order valence-electron chi connectivity index (χ4n) is 6.64. The smallest absolute Gasteiger partial charge is 0.253 e. The summed E-state index contributed by atoms with van der Waals surface area (Å²) in [5, 5.41) is 34.7. The molecule has 0 spiro atoms. The Morgan fingerprint density at radius 3 is 2.14 bits per heavy atom. The minimum absolute atomic E-state index is 0.0509. The van der Waals surface area contributed by atoms with Gasteiger partial charge in [-0.15, -0.1) is 0 Å². The lowest BCUT2D eigenvalue weighted by atomic mass is 9.58. The molecule has 118 valence electrons. The average Bonchev–Trinajstić information content (AvgIpc) is 3.07. The van der Waals surface area contributed by atoms with Gasteiger partial charge in [0, 0.05) is 29.5 Å². The highest BCUT2D eigenvalue weighted by molar-refractivity contribution is 5.30. The van der Waals surface area contributed by atoms with Gasteiger partial charge in [-0.3, -0.25) is 0 Å². The van der Waals surface area contributed by atoms with E-state index in [0.29, 0.717) is 11.8 Å². The number of azo groups is 2. The summed E-state index contributed by atoms with van der Waals surface area (Å²) in [4.78, 5) is 1.44. The van der Waals surface area contributed by atoms with Gasteiger partial charge in [0.15, 0.2) is 0 Å². The summed E-state index contributed by atoms with van der Waals surface area (Å²) >= 11 is 0. The fraction of sp³-hybridized carbons (Fsp3) is 0.875. The van der Waals surface area contributed by atoms with Gasteiger partial charge in [0.2, 0.25) is 0 Å². The van der Waals surface area contributed by atoms with Gasteiger partial charge in [0.25, 0.3) is 11.1 Å². The maximum Gasteiger partial charge on any atom is 0.253 e. The molecule has 4 unspecified atom stereocenters. The van der Waals surface area contributed by atoms with Crippen LogP contribution in [-0.4, -0.2) is 32.9 Å². The largest absolute Gasteiger partial charge is 0.567 e. The Balaban J connectivity index is 1.79. The van der Waals surface area contributed by atoms with Crippen LogP contribution in [-0.2, 0) is 0 Å². The quantitative estimate of drug-likeness (QED) is 0.392. The first kappa shape index (κ1) is 13.0. The van der Waals surface area contributed by atoms with Crippen molar-refractivity contribution in [2.45, 2.75) is 57.3 Å². The van der Waals surface area contributed by atoms with Crippen molar-refractivity contribution in [2.75, 3.05) is 0 Å². The molecule has 2 saturated carbocycles. The third kappa shape index (κ3) is 0.902. The first-order valence-corrected chi connectivity index (χ1v) is 8.29. The highest BCUT2D eigenvalue weighted by atomic mass is 16.6. The number of hydroxylamine groups is 2. The second-order valence-electron chi connectivity index (χ2n) is 8.63. The minimum Gasteiger partial charge on any atom is -0.567 e. The monoisotopic (exact) mass is 302 g/mol. The molecule has 3 aliphatic carbocycles. The topological polar surface area (TPSA) is 76.9 Å². The normalized spacial score (nSPS) is 59.3. The molecule has 0 amide bonds. The van der Waals surface area contributed by atoms with Crippen LogP contribution in [0.15, 0.2) is 22.4 Å². The number of nitrogens with zero attached hydrogens (tertiary/aromatic N) is 4. The van der Waals surface area contributed by atoms with E-state index < -0.39 is 16.5 Å². The number of fused-ring (bicyclic) bond motifs is 2. The molecule has 0 aromatic rings. The zero-order valence-electron chi connectivity index (χ0n) is 13.4. The molecule has 8 atom stereocenters. The second-order valence-corrected chi connectivity index (χ2v) is 8.63. The van der Waals surface area contributed by atoms with Crippen LogP contribution >= 0.6 is 0 Å². The van der Waals surface area contributed by atoms with E-state index in [1.54, 1.807) is 0 Å². The number of hydrogen-bond donors (Lipinski definition) is 0. The average molecular weight is 302 g/mol. The van der Waals surface area contributed by atoms with Crippen molar-refractivity contribution in [1.82, 2.24) is 0 Å². The van der Waals surface area contributed by atoms with E-state index in [0.717, 1.165) is 16.1 Å². The molecule has 6 rings (SSSR count). The molecule has 6 heteroatoms. The predicted octanol–water partition coefficient (Wildman–Crippen LogP) is 2.67. The maximum absolute atomic E-state index is 12.8. The second kappa shape index (κ2) is 3.24. The lowest BCUT2D eigenvalue weighted by Crippen LogP contribution is -2.64. The van der Waals surface area contributed by atoms with Gasteiger partial charge in [0.1, 0.15) is 5.41 Å². The van der Waals surface area contributed by atoms with Gasteiger partial charge in [-0.1, -0.05) is 12.2 Å². The third-order valence-electron chi connectivity index (χ3n) is 8.34. The van der Waals surface area contributed by atoms with Crippen molar-refractivity contribution < 1.29 is 9.72 Å². The van der Waals surface area contributed by atoms with Gasteiger partial charge in [-0.05, 0) is 26.2 Å². The predicted molar refractivity (Wildman–Crippen MR) is 78.0 cm³/mol. The molecule has 0 aromatic carbocycles. The van der Waals surface area contributed by atoms with Gasteiger partial charge < -0.3 is 10.4 Å². The molecule has 3 aliphatic heterocycles. The lowest BCUT2D eigenvalue weighted by Gasteiger charge is -2.50. The molecule has 6 nitrogen and oxygen atoms in total. The summed E-state index contributed by atoms with van der Waals surface area (Å²) in [6, 6.07) is 0.126. The van der Waals surface area contributed by atoms with Crippen LogP contribution in [0.25, 0.3) is 0 Å². The van der Waals surface area contributed by atoms with E-state index in [1.807, 2.05) is 13.8 Å². The Hall–Kier alpha value is -1.46. The third-order valence-corrected chi connectivity index (χ3v) is 8.34. The van der Waals surface area contributed by atoms with Crippen LogP contribution in [0.1, 0.15) is 34.1 Å². The molecular formula is C16H22N4O2. The Morgan fingerprint density at radius 2 is 1.50 bits per heavy atom.